The van der Waals surface area contributed by atoms with E-state index >= 15 is 0 Å². The van der Waals surface area contributed by atoms with Gasteiger partial charge in [0, 0.05) is 18.6 Å². The molecule has 1 unspecified atom stereocenters. The zero-order chi connectivity index (χ0) is 12.7. The molecule has 1 heterocycles. The van der Waals surface area contributed by atoms with Crippen LogP contribution in [0.5, 0.6) is 0 Å². The Morgan fingerprint density at radius 3 is 3.06 bits per heavy atom. The number of carbonyl (C=O) groups excluding carboxylic acids is 1. The molecule has 5 heteroatoms. The number of hydrogen-bond donors (Lipinski definition) is 1. The Morgan fingerprint density at radius 2 is 2.41 bits per heavy atom. The van der Waals surface area contributed by atoms with E-state index in [-0.39, 0.29) is 18.5 Å². The molecule has 0 aliphatic carbocycles. The van der Waals surface area contributed by atoms with E-state index in [0.29, 0.717) is 17.2 Å². The van der Waals surface area contributed by atoms with Gasteiger partial charge in [0.2, 0.25) is 0 Å². The predicted octanol–water partition coefficient (Wildman–Crippen LogP) is 1.98. The van der Waals surface area contributed by atoms with Gasteiger partial charge in [-0.25, -0.2) is 9.78 Å². The third kappa shape index (κ3) is 4.36. The van der Waals surface area contributed by atoms with Crippen molar-refractivity contribution >= 4 is 17.7 Å². The summed E-state index contributed by atoms with van der Waals surface area (Å²) in [5, 5.41) is 9.61. The van der Waals surface area contributed by atoms with Crippen molar-refractivity contribution in [2.24, 2.45) is 5.92 Å². The third-order valence-corrected chi connectivity index (χ3v) is 3.42. The van der Waals surface area contributed by atoms with Gasteiger partial charge in [0.25, 0.3) is 0 Å². The predicted molar refractivity (Wildman–Crippen MR) is 67.2 cm³/mol. The van der Waals surface area contributed by atoms with Crippen molar-refractivity contribution in [1.29, 1.82) is 0 Å². The average molecular weight is 255 g/mol. The van der Waals surface area contributed by atoms with Gasteiger partial charge < -0.3 is 9.84 Å². The first-order valence-electron chi connectivity index (χ1n) is 5.54. The second-order valence-corrected chi connectivity index (χ2v) is 4.68. The molecule has 0 aliphatic rings. The zero-order valence-corrected chi connectivity index (χ0v) is 10.9. The van der Waals surface area contributed by atoms with Crippen molar-refractivity contribution in [2.45, 2.75) is 18.9 Å². The second-order valence-electron chi connectivity index (χ2n) is 3.68. The maximum Gasteiger partial charge on any atom is 0.340 e. The Balaban J connectivity index is 2.74. The van der Waals surface area contributed by atoms with E-state index in [0.717, 1.165) is 5.75 Å². The molecule has 1 aromatic rings. The molecule has 0 aromatic carbocycles. The van der Waals surface area contributed by atoms with Crippen molar-refractivity contribution in [1.82, 2.24) is 4.98 Å². The maximum atomic E-state index is 11.7. The number of aliphatic hydroxyl groups excluding tert-OH is 1. The Hall–Kier alpha value is -1.07. The quantitative estimate of drug-likeness (QED) is 0.622. The largest absolute Gasteiger partial charge is 0.462 e. The Morgan fingerprint density at radius 1 is 1.65 bits per heavy atom. The molecule has 1 rings (SSSR count). The van der Waals surface area contributed by atoms with Gasteiger partial charge >= 0.3 is 5.97 Å². The van der Waals surface area contributed by atoms with Gasteiger partial charge in [0.15, 0.2) is 0 Å². The fourth-order valence-electron chi connectivity index (χ4n) is 1.14. The summed E-state index contributed by atoms with van der Waals surface area (Å²) in [6, 6.07) is 3.42. The molecule has 4 nitrogen and oxygen atoms in total. The topological polar surface area (TPSA) is 59.4 Å². The molecule has 94 valence electrons. The summed E-state index contributed by atoms with van der Waals surface area (Å²) in [4.78, 5) is 15.8. The van der Waals surface area contributed by atoms with Crippen LogP contribution in [0.2, 0.25) is 0 Å². The van der Waals surface area contributed by atoms with Crippen LogP contribution in [0, 0.1) is 5.92 Å². The van der Waals surface area contributed by atoms with Crippen LogP contribution in [0.25, 0.3) is 0 Å². The summed E-state index contributed by atoms with van der Waals surface area (Å²) in [7, 11) is 0. The van der Waals surface area contributed by atoms with Crippen molar-refractivity contribution < 1.29 is 14.6 Å². The number of aliphatic hydroxyl groups is 1. The molecule has 0 amide bonds. The highest BCUT2D eigenvalue weighted by Crippen LogP contribution is 2.22. The summed E-state index contributed by atoms with van der Waals surface area (Å²) in [5.74, 6) is 0.553. The molecule has 0 saturated carbocycles. The van der Waals surface area contributed by atoms with E-state index in [1.165, 1.54) is 11.8 Å². The standard InChI is InChI=1S/C12H17NO3S/c1-3-16-12(15)10-5-4-6-13-11(10)17-8-9(2)7-14/h4-6,9,14H,3,7-8H2,1-2H3. The molecule has 1 N–H and O–H groups in total. The minimum atomic E-state index is -0.347. The fraction of sp³-hybridized carbons (Fsp3) is 0.500. The number of ether oxygens (including phenoxy) is 1. The Labute approximate surface area is 105 Å². The minimum Gasteiger partial charge on any atom is -0.462 e. The molecule has 1 aromatic heterocycles. The Bertz CT molecular complexity index is 371. The van der Waals surface area contributed by atoms with Crippen molar-refractivity contribution in [3.8, 4) is 0 Å². The summed E-state index contributed by atoms with van der Waals surface area (Å²) in [6.45, 7) is 4.20. The van der Waals surface area contributed by atoms with Crippen LogP contribution in [-0.2, 0) is 4.74 Å². The smallest absolute Gasteiger partial charge is 0.340 e. The van der Waals surface area contributed by atoms with Gasteiger partial charge in [-0.15, -0.1) is 11.8 Å². The van der Waals surface area contributed by atoms with Crippen LogP contribution in [-0.4, -0.2) is 35.0 Å². The van der Waals surface area contributed by atoms with Crippen LogP contribution < -0.4 is 0 Å². The number of rotatable bonds is 6. The van der Waals surface area contributed by atoms with Crippen molar-refractivity contribution in [2.75, 3.05) is 19.0 Å². The molecule has 0 fully saturated rings. The van der Waals surface area contributed by atoms with E-state index in [1.807, 2.05) is 6.92 Å². The first-order chi connectivity index (χ1) is 8.19. The van der Waals surface area contributed by atoms with Gasteiger partial charge in [0.1, 0.15) is 5.03 Å². The number of hydrogen-bond acceptors (Lipinski definition) is 5. The maximum absolute atomic E-state index is 11.7. The summed E-state index contributed by atoms with van der Waals surface area (Å²) < 4.78 is 4.96. The minimum absolute atomic E-state index is 0.134. The molecule has 0 aliphatic heterocycles. The van der Waals surface area contributed by atoms with E-state index in [4.69, 9.17) is 9.84 Å². The first-order valence-corrected chi connectivity index (χ1v) is 6.53. The number of pyridine rings is 1. The number of carbonyl (C=O) groups is 1. The van der Waals surface area contributed by atoms with Gasteiger partial charge in [-0.1, -0.05) is 6.92 Å². The normalized spacial score (nSPS) is 12.2. The van der Waals surface area contributed by atoms with E-state index in [1.54, 1.807) is 25.3 Å². The van der Waals surface area contributed by atoms with Crippen LogP contribution in [0.4, 0.5) is 0 Å². The van der Waals surface area contributed by atoms with Crippen LogP contribution >= 0.6 is 11.8 Å². The van der Waals surface area contributed by atoms with Crippen molar-refractivity contribution in [3.63, 3.8) is 0 Å². The van der Waals surface area contributed by atoms with Gasteiger partial charge in [-0.2, -0.15) is 0 Å². The average Bonchev–Trinajstić information content (AvgIpc) is 2.36. The van der Waals surface area contributed by atoms with Gasteiger partial charge in [0.05, 0.1) is 12.2 Å². The highest BCUT2D eigenvalue weighted by molar-refractivity contribution is 7.99. The highest BCUT2D eigenvalue weighted by Gasteiger charge is 2.14. The monoisotopic (exact) mass is 255 g/mol. The lowest BCUT2D eigenvalue weighted by Gasteiger charge is -2.09. The van der Waals surface area contributed by atoms with Crippen LogP contribution in [0.15, 0.2) is 23.4 Å². The SMILES string of the molecule is CCOC(=O)c1cccnc1SCC(C)CO. The number of nitrogens with zero attached hydrogens (tertiary/aromatic N) is 1. The summed E-state index contributed by atoms with van der Waals surface area (Å²) in [5.41, 5.74) is 0.490. The summed E-state index contributed by atoms with van der Waals surface area (Å²) in [6.07, 6.45) is 1.65. The number of aromatic nitrogens is 1. The second kappa shape index (κ2) is 7.29. The lowest BCUT2D eigenvalue weighted by Crippen LogP contribution is -2.09. The first kappa shape index (κ1) is 14.0. The molecule has 0 saturated heterocycles. The zero-order valence-electron chi connectivity index (χ0n) is 10.0. The number of esters is 1. The lowest BCUT2D eigenvalue weighted by atomic mass is 10.2. The van der Waals surface area contributed by atoms with Gasteiger partial charge in [-0.3, -0.25) is 0 Å². The fourth-order valence-corrected chi connectivity index (χ4v) is 2.13. The van der Waals surface area contributed by atoms with E-state index in [9.17, 15) is 4.79 Å². The molecule has 0 bridgehead atoms. The molecule has 0 radical (unpaired) electrons. The van der Waals surface area contributed by atoms with E-state index < -0.39 is 0 Å². The summed E-state index contributed by atoms with van der Waals surface area (Å²) >= 11 is 1.46. The molecule has 0 spiro atoms. The van der Waals surface area contributed by atoms with Gasteiger partial charge in [-0.05, 0) is 25.0 Å². The van der Waals surface area contributed by atoms with Crippen molar-refractivity contribution in [3.05, 3.63) is 23.9 Å². The lowest BCUT2D eigenvalue weighted by molar-refractivity contribution is 0.0521. The highest BCUT2D eigenvalue weighted by atomic mass is 32.2. The van der Waals surface area contributed by atoms with E-state index in [2.05, 4.69) is 4.98 Å². The molecule has 17 heavy (non-hydrogen) atoms. The number of thioether (sulfide) groups is 1. The molecular weight excluding hydrogens is 238 g/mol. The van der Waals surface area contributed by atoms with Crippen LogP contribution in [0.1, 0.15) is 24.2 Å². The molecule has 1 atom stereocenters. The van der Waals surface area contributed by atoms with Crippen LogP contribution in [0.3, 0.4) is 0 Å². The molecular formula is C12H17NO3S. The Kier molecular flexibility index (Phi) is 6.00. The third-order valence-electron chi connectivity index (χ3n) is 2.08.